The fraction of sp³-hybridized carbons (Fsp3) is 0.353. The van der Waals surface area contributed by atoms with Crippen LogP contribution in [0.25, 0.3) is 0 Å². The van der Waals surface area contributed by atoms with Gasteiger partial charge in [0.15, 0.2) is 5.16 Å². The highest BCUT2D eigenvalue weighted by Crippen LogP contribution is 2.32. The van der Waals surface area contributed by atoms with Crippen LogP contribution in [0.1, 0.15) is 31.5 Å². The van der Waals surface area contributed by atoms with Gasteiger partial charge in [-0.1, -0.05) is 42.8 Å². The molecule has 7 heteroatoms. The molecule has 3 rings (SSSR count). The van der Waals surface area contributed by atoms with Gasteiger partial charge in [0.2, 0.25) is 5.91 Å². The van der Waals surface area contributed by atoms with E-state index >= 15 is 0 Å². The molecule has 0 saturated heterocycles. The fourth-order valence-corrected chi connectivity index (χ4v) is 4.08. The Kier molecular flexibility index (Phi) is 5.26. The van der Waals surface area contributed by atoms with Gasteiger partial charge in [0.1, 0.15) is 0 Å². The number of anilines is 1. The van der Waals surface area contributed by atoms with Crippen LogP contribution in [0, 0.1) is 0 Å². The van der Waals surface area contributed by atoms with Crippen LogP contribution in [0.4, 0.5) is 5.69 Å². The molecule has 1 unspecified atom stereocenters. The number of amides is 1. The zero-order valence-corrected chi connectivity index (χ0v) is 14.9. The van der Waals surface area contributed by atoms with Crippen LogP contribution in [-0.2, 0) is 11.2 Å². The summed E-state index contributed by atoms with van der Waals surface area (Å²) < 4.78 is 1.64. The minimum Gasteiger partial charge on any atom is -0.326 e. The SMILES string of the molecule is CCCc1cc(=O)n2c(n1)SCC2CC(=O)Nc1cccc(Cl)c1. The van der Waals surface area contributed by atoms with E-state index < -0.39 is 0 Å². The number of hydrogen-bond acceptors (Lipinski definition) is 4. The summed E-state index contributed by atoms with van der Waals surface area (Å²) in [6.07, 6.45) is 1.98. The number of hydrogen-bond donors (Lipinski definition) is 1. The van der Waals surface area contributed by atoms with Crippen LogP contribution in [-0.4, -0.2) is 21.2 Å². The van der Waals surface area contributed by atoms with Crippen LogP contribution in [0.2, 0.25) is 5.02 Å². The van der Waals surface area contributed by atoms with Gasteiger partial charge in [-0.15, -0.1) is 0 Å². The lowest BCUT2D eigenvalue weighted by Gasteiger charge is -2.13. The molecule has 2 heterocycles. The van der Waals surface area contributed by atoms with E-state index in [2.05, 4.69) is 17.2 Å². The molecule has 0 aliphatic carbocycles. The third kappa shape index (κ3) is 3.82. The summed E-state index contributed by atoms with van der Waals surface area (Å²) in [6.45, 7) is 2.06. The Morgan fingerprint density at radius 2 is 2.29 bits per heavy atom. The molecule has 1 aliphatic heterocycles. The number of aromatic nitrogens is 2. The average Bonchev–Trinajstić information content (AvgIpc) is 2.90. The number of carbonyl (C=O) groups excluding carboxylic acids is 1. The first-order valence-electron chi connectivity index (χ1n) is 7.87. The molecule has 0 saturated carbocycles. The molecule has 0 fully saturated rings. The molecule has 1 aromatic carbocycles. The third-order valence-electron chi connectivity index (χ3n) is 3.78. The summed E-state index contributed by atoms with van der Waals surface area (Å²) in [5.74, 6) is 0.543. The molecule has 1 amide bonds. The van der Waals surface area contributed by atoms with E-state index in [9.17, 15) is 9.59 Å². The second-order valence-electron chi connectivity index (χ2n) is 5.72. The first kappa shape index (κ1) is 17.0. The predicted octanol–water partition coefficient (Wildman–Crippen LogP) is 3.52. The van der Waals surface area contributed by atoms with E-state index in [0.29, 0.717) is 21.6 Å². The predicted molar refractivity (Wildman–Crippen MR) is 97.0 cm³/mol. The van der Waals surface area contributed by atoms with Gasteiger partial charge in [0, 0.05) is 34.6 Å². The Balaban J connectivity index is 1.72. The Bertz CT molecular complexity index is 822. The van der Waals surface area contributed by atoms with Crippen molar-refractivity contribution in [3.05, 3.63) is 51.4 Å². The molecule has 0 radical (unpaired) electrons. The Labute approximate surface area is 149 Å². The molecule has 0 bridgehead atoms. The van der Waals surface area contributed by atoms with Crippen LogP contribution < -0.4 is 10.9 Å². The molecule has 1 aliphatic rings. The van der Waals surface area contributed by atoms with Crippen molar-refractivity contribution in [2.75, 3.05) is 11.1 Å². The van der Waals surface area contributed by atoms with Crippen molar-refractivity contribution in [2.45, 2.75) is 37.4 Å². The molecular weight excluding hydrogens is 346 g/mol. The summed E-state index contributed by atoms with van der Waals surface area (Å²) in [5, 5.41) is 4.11. The molecule has 1 atom stereocenters. The second kappa shape index (κ2) is 7.40. The summed E-state index contributed by atoms with van der Waals surface area (Å²) in [7, 11) is 0. The maximum absolute atomic E-state index is 12.4. The van der Waals surface area contributed by atoms with Crippen molar-refractivity contribution in [3.63, 3.8) is 0 Å². The van der Waals surface area contributed by atoms with E-state index in [1.807, 2.05) is 0 Å². The van der Waals surface area contributed by atoms with E-state index in [1.54, 1.807) is 34.9 Å². The molecule has 126 valence electrons. The topological polar surface area (TPSA) is 64.0 Å². The average molecular weight is 364 g/mol. The molecule has 2 aromatic rings. The lowest BCUT2D eigenvalue weighted by atomic mass is 10.2. The van der Waals surface area contributed by atoms with E-state index in [-0.39, 0.29) is 23.9 Å². The number of aryl methyl sites for hydroxylation is 1. The van der Waals surface area contributed by atoms with Crippen LogP contribution >= 0.6 is 23.4 Å². The maximum atomic E-state index is 12.4. The minimum atomic E-state index is -0.167. The van der Waals surface area contributed by atoms with Crippen molar-refractivity contribution >= 4 is 35.0 Å². The Morgan fingerprint density at radius 1 is 1.46 bits per heavy atom. The molecular formula is C17H18ClN3O2S. The molecule has 5 nitrogen and oxygen atoms in total. The number of rotatable bonds is 5. The second-order valence-corrected chi connectivity index (χ2v) is 7.14. The molecule has 1 aromatic heterocycles. The Morgan fingerprint density at radius 3 is 3.04 bits per heavy atom. The van der Waals surface area contributed by atoms with Crippen molar-refractivity contribution < 1.29 is 4.79 Å². The fourth-order valence-electron chi connectivity index (χ4n) is 2.73. The number of nitrogens with one attached hydrogen (secondary N) is 1. The van der Waals surface area contributed by atoms with E-state index in [4.69, 9.17) is 11.6 Å². The van der Waals surface area contributed by atoms with Gasteiger partial charge >= 0.3 is 0 Å². The van der Waals surface area contributed by atoms with Crippen LogP contribution in [0.5, 0.6) is 0 Å². The highest BCUT2D eigenvalue weighted by molar-refractivity contribution is 7.99. The van der Waals surface area contributed by atoms with Gasteiger partial charge in [-0.3, -0.25) is 14.2 Å². The van der Waals surface area contributed by atoms with Crippen molar-refractivity contribution in [3.8, 4) is 0 Å². The first-order chi connectivity index (χ1) is 11.6. The standard InChI is InChI=1S/C17H18ClN3O2S/c1-2-4-12-8-16(23)21-14(10-24-17(21)20-12)9-15(22)19-13-6-3-5-11(18)7-13/h3,5-8,14H,2,4,9-10H2,1H3,(H,19,22). The van der Waals surface area contributed by atoms with Crippen LogP contribution in [0.3, 0.4) is 0 Å². The summed E-state index contributed by atoms with van der Waals surface area (Å²) in [5.41, 5.74) is 1.40. The van der Waals surface area contributed by atoms with E-state index in [0.717, 1.165) is 18.5 Å². The summed E-state index contributed by atoms with van der Waals surface area (Å²) >= 11 is 7.45. The van der Waals surface area contributed by atoms with Crippen molar-refractivity contribution in [1.82, 2.24) is 9.55 Å². The monoisotopic (exact) mass is 363 g/mol. The summed E-state index contributed by atoms with van der Waals surface area (Å²) in [6, 6.07) is 8.43. The van der Waals surface area contributed by atoms with Gasteiger partial charge in [0.05, 0.1) is 6.04 Å². The van der Waals surface area contributed by atoms with Gasteiger partial charge in [-0.25, -0.2) is 4.98 Å². The van der Waals surface area contributed by atoms with Gasteiger partial charge in [-0.2, -0.15) is 0 Å². The largest absolute Gasteiger partial charge is 0.326 e. The highest BCUT2D eigenvalue weighted by atomic mass is 35.5. The zero-order valence-electron chi connectivity index (χ0n) is 13.3. The number of fused-ring (bicyclic) bond motifs is 1. The normalized spacial score (nSPS) is 16.0. The van der Waals surface area contributed by atoms with Gasteiger partial charge in [0.25, 0.3) is 5.56 Å². The lowest BCUT2D eigenvalue weighted by molar-refractivity contribution is -0.116. The lowest BCUT2D eigenvalue weighted by Crippen LogP contribution is -2.27. The quantitative estimate of drug-likeness (QED) is 0.825. The number of halogens is 1. The number of benzene rings is 1. The highest BCUT2D eigenvalue weighted by Gasteiger charge is 2.27. The molecule has 24 heavy (non-hydrogen) atoms. The van der Waals surface area contributed by atoms with Crippen LogP contribution in [0.15, 0.2) is 40.3 Å². The first-order valence-corrected chi connectivity index (χ1v) is 9.24. The third-order valence-corrected chi connectivity index (χ3v) is 5.11. The smallest absolute Gasteiger partial charge is 0.254 e. The van der Waals surface area contributed by atoms with Gasteiger partial charge < -0.3 is 5.32 Å². The Hall–Kier alpha value is -1.79. The van der Waals surface area contributed by atoms with Crippen molar-refractivity contribution in [1.29, 1.82) is 0 Å². The molecule has 1 N–H and O–H groups in total. The molecule has 0 spiro atoms. The van der Waals surface area contributed by atoms with Gasteiger partial charge in [-0.05, 0) is 24.6 Å². The van der Waals surface area contributed by atoms with Crippen molar-refractivity contribution in [2.24, 2.45) is 0 Å². The number of carbonyl (C=O) groups is 1. The summed E-state index contributed by atoms with van der Waals surface area (Å²) in [4.78, 5) is 29.2. The maximum Gasteiger partial charge on any atom is 0.254 e. The zero-order chi connectivity index (χ0) is 17.1. The van der Waals surface area contributed by atoms with E-state index in [1.165, 1.54) is 11.8 Å². The minimum absolute atomic E-state index is 0.0750. The number of nitrogens with zero attached hydrogens (tertiary/aromatic N) is 2. The number of thioether (sulfide) groups is 1.